The number of rotatable bonds is 4. The lowest BCUT2D eigenvalue weighted by Crippen LogP contribution is -2.47. The number of piperidine rings is 1. The lowest BCUT2D eigenvalue weighted by atomic mass is 9.77. The zero-order chi connectivity index (χ0) is 17.3. The summed E-state index contributed by atoms with van der Waals surface area (Å²) in [5, 5.41) is 15.1. The maximum atomic E-state index is 13.3. The third-order valence-electron chi connectivity index (χ3n) is 6.57. The van der Waals surface area contributed by atoms with Crippen LogP contribution in [0.5, 0.6) is 0 Å². The van der Waals surface area contributed by atoms with Crippen LogP contribution in [0.15, 0.2) is 30.3 Å². The van der Waals surface area contributed by atoms with Crippen LogP contribution < -0.4 is 5.32 Å². The van der Waals surface area contributed by atoms with Crippen molar-refractivity contribution in [2.45, 2.75) is 69.1 Å². The van der Waals surface area contributed by atoms with Crippen molar-refractivity contribution in [3.05, 3.63) is 35.9 Å². The van der Waals surface area contributed by atoms with E-state index >= 15 is 0 Å². The summed E-state index contributed by atoms with van der Waals surface area (Å²) in [4.78, 5) is 13.3. The maximum Gasteiger partial charge on any atom is 0.343 e. The Labute approximate surface area is 150 Å². The molecular formula is C21H29NO3. The van der Waals surface area contributed by atoms with Crippen LogP contribution in [0.3, 0.4) is 0 Å². The number of esters is 1. The summed E-state index contributed by atoms with van der Waals surface area (Å²) in [7, 11) is 0. The molecule has 1 heterocycles. The molecule has 0 radical (unpaired) electrons. The molecule has 4 atom stereocenters. The van der Waals surface area contributed by atoms with Gasteiger partial charge in [-0.05, 0) is 31.2 Å². The second-order valence-corrected chi connectivity index (χ2v) is 8.04. The summed E-state index contributed by atoms with van der Waals surface area (Å²) < 4.78 is 5.96. The zero-order valence-electron chi connectivity index (χ0n) is 14.8. The molecule has 0 spiro atoms. The number of fused-ring (bicyclic) bond motifs is 2. The van der Waals surface area contributed by atoms with Gasteiger partial charge in [-0.3, -0.25) is 0 Å². The summed E-state index contributed by atoms with van der Waals surface area (Å²) in [5.41, 5.74) is -0.835. The number of hydrogen-bond donors (Lipinski definition) is 2. The number of carbonyl (C=O) groups is 1. The number of hydrogen-bond acceptors (Lipinski definition) is 4. The van der Waals surface area contributed by atoms with E-state index in [1.54, 1.807) is 0 Å². The third kappa shape index (κ3) is 3.11. The van der Waals surface area contributed by atoms with Gasteiger partial charge in [-0.15, -0.1) is 0 Å². The fraction of sp³-hybridized carbons (Fsp3) is 0.667. The molecule has 0 aromatic heterocycles. The van der Waals surface area contributed by atoms with Crippen molar-refractivity contribution in [2.75, 3.05) is 6.54 Å². The first-order chi connectivity index (χ1) is 12.2. The van der Waals surface area contributed by atoms with Gasteiger partial charge in [0, 0.05) is 24.4 Å². The summed E-state index contributed by atoms with van der Waals surface area (Å²) in [6.45, 7) is 0.926. The van der Waals surface area contributed by atoms with Gasteiger partial charge in [0.1, 0.15) is 6.10 Å². The number of carbonyl (C=O) groups excluding carboxylic acids is 1. The van der Waals surface area contributed by atoms with Gasteiger partial charge in [0.15, 0.2) is 5.60 Å². The molecule has 1 aromatic carbocycles. The fourth-order valence-corrected chi connectivity index (χ4v) is 5.09. The SMILES string of the molecule is O=C(OC1C2CC[C@H]1NC2)C(O)(c1ccccc1)C1CCCCCC1. The highest BCUT2D eigenvalue weighted by atomic mass is 16.6. The average molecular weight is 343 g/mol. The van der Waals surface area contributed by atoms with Crippen LogP contribution in [-0.2, 0) is 15.1 Å². The molecule has 2 aliphatic carbocycles. The molecule has 4 rings (SSSR count). The first kappa shape index (κ1) is 17.0. The Hall–Kier alpha value is -1.39. The Balaban J connectivity index is 1.61. The van der Waals surface area contributed by atoms with Crippen molar-refractivity contribution < 1.29 is 14.6 Å². The predicted octanol–water partition coefficient (Wildman–Crippen LogP) is 3.14. The van der Waals surface area contributed by atoms with Crippen LogP contribution in [0.25, 0.3) is 0 Å². The number of benzene rings is 1. The Morgan fingerprint density at radius 2 is 1.76 bits per heavy atom. The summed E-state index contributed by atoms with van der Waals surface area (Å²) in [6, 6.07) is 9.71. The first-order valence-corrected chi connectivity index (χ1v) is 9.92. The fourth-order valence-electron chi connectivity index (χ4n) is 5.09. The molecule has 1 aliphatic heterocycles. The Bertz CT molecular complexity index is 576. The van der Waals surface area contributed by atoms with Crippen molar-refractivity contribution in [1.82, 2.24) is 5.32 Å². The molecule has 3 unspecified atom stereocenters. The minimum atomic E-state index is -1.52. The van der Waals surface area contributed by atoms with E-state index in [2.05, 4.69) is 5.32 Å². The summed E-state index contributed by atoms with van der Waals surface area (Å²) >= 11 is 0. The van der Waals surface area contributed by atoms with Crippen LogP contribution in [0.4, 0.5) is 0 Å². The van der Waals surface area contributed by atoms with Gasteiger partial charge in [0.2, 0.25) is 0 Å². The van der Waals surface area contributed by atoms with Crippen LogP contribution in [0.1, 0.15) is 56.9 Å². The third-order valence-corrected chi connectivity index (χ3v) is 6.57. The molecule has 3 fully saturated rings. The number of ether oxygens (including phenoxy) is 1. The number of aliphatic hydroxyl groups is 1. The van der Waals surface area contributed by atoms with Crippen molar-refractivity contribution in [2.24, 2.45) is 11.8 Å². The Kier molecular flexibility index (Phi) is 4.83. The Morgan fingerprint density at radius 1 is 1.04 bits per heavy atom. The summed E-state index contributed by atoms with van der Waals surface area (Å²) in [6.07, 6.45) is 8.39. The van der Waals surface area contributed by atoms with E-state index < -0.39 is 11.6 Å². The molecule has 1 aromatic rings. The zero-order valence-corrected chi connectivity index (χ0v) is 14.8. The molecule has 2 N–H and O–H groups in total. The quantitative estimate of drug-likeness (QED) is 0.651. The maximum absolute atomic E-state index is 13.3. The Morgan fingerprint density at radius 3 is 2.32 bits per heavy atom. The molecule has 1 saturated heterocycles. The smallest absolute Gasteiger partial charge is 0.343 e. The lowest BCUT2D eigenvalue weighted by Gasteiger charge is -2.35. The normalized spacial score (nSPS) is 32.1. The highest BCUT2D eigenvalue weighted by Gasteiger charge is 2.51. The lowest BCUT2D eigenvalue weighted by molar-refractivity contribution is -0.181. The van der Waals surface area contributed by atoms with Crippen LogP contribution in [-0.4, -0.2) is 29.8 Å². The van der Waals surface area contributed by atoms with E-state index in [0.717, 1.165) is 45.1 Å². The van der Waals surface area contributed by atoms with Crippen LogP contribution in [0, 0.1) is 11.8 Å². The van der Waals surface area contributed by atoms with Gasteiger partial charge in [-0.25, -0.2) is 4.79 Å². The van der Waals surface area contributed by atoms with Crippen LogP contribution in [0.2, 0.25) is 0 Å². The molecule has 0 amide bonds. The van der Waals surface area contributed by atoms with Crippen molar-refractivity contribution in [1.29, 1.82) is 0 Å². The molecule has 2 bridgehead atoms. The minimum absolute atomic E-state index is 0.0584. The number of nitrogens with one attached hydrogen (secondary N) is 1. The van der Waals surface area contributed by atoms with Gasteiger partial charge < -0.3 is 15.2 Å². The second-order valence-electron chi connectivity index (χ2n) is 8.04. The predicted molar refractivity (Wildman–Crippen MR) is 95.9 cm³/mol. The van der Waals surface area contributed by atoms with Gasteiger partial charge in [-0.1, -0.05) is 56.0 Å². The van der Waals surface area contributed by atoms with Crippen molar-refractivity contribution in [3.63, 3.8) is 0 Å². The molecule has 3 aliphatic rings. The monoisotopic (exact) mass is 343 g/mol. The van der Waals surface area contributed by atoms with Gasteiger partial charge in [0.05, 0.1) is 0 Å². The van der Waals surface area contributed by atoms with Gasteiger partial charge in [-0.2, -0.15) is 0 Å². The molecule has 136 valence electrons. The molecule has 25 heavy (non-hydrogen) atoms. The largest absolute Gasteiger partial charge is 0.458 e. The van der Waals surface area contributed by atoms with E-state index in [1.807, 2.05) is 30.3 Å². The standard InChI is InChI=1S/C21H29NO3/c23-20(25-19-15-12-13-18(19)22-14-15)21(24,17-10-6-3-7-11-17)16-8-4-1-2-5-9-16/h3,6-7,10-11,15-16,18-19,22,24H,1-2,4-5,8-9,12-14H2/t15?,18-,19?,21?/m1/s1. The summed E-state index contributed by atoms with van der Waals surface area (Å²) in [5.74, 6) is -0.0868. The van der Waals surface area contributed by atoms with Crippen molar-refractivity contribution >= 4 is 5.97 Å². The first-order valence-electron chi connectivity index (χ1n) is 9.92. The average Bonchev–Trinajstić information content (AvgIpc) is 3.08. The van der Waals surface area contributed by atoms with Gasteiger partial charge in [0.25, 0.3) is 0 Å². The van der Waals surface area contributed by atoms with E-state index in [4.69, 9.17) is 4.74 Å². The minimum Gasteiger partial charge on any atom is -0.458 e. The van der Waals surface area contributed by atoms with Crippen LogP contribution >= 0.6 is 0 Å². The van der Waals surface area contributed by atoms with E-state index in [1.165, 1.54) is 12.8 Å². The van der Waals surface area contributed by atoms with Crippen molar-refractivity contribution in [3.8, 4) is 0 Å². The molecular weight excluding hydrogens is 314 g/mol. The van der Waals surface area contributed by atoms with E-state index in [0.29, 0.717) is 11.5 Å². The molecule has 4 nitrogen and oxygen atoms in total. The molecule has 4 heteroatoms. The van der Waals surface area contributed by atoms with E-state index in [9.17, 15) is 9.90 Å². The second kappa shape index (κ2) is 7.08. The highest BCUT2D eigenvalue weighted by molar-refractivity contribution is 5.82. The topological polar surface area (TPSA) is 58.6 Å². The molecule has 2 saturated carbocycles. The van der Waals surface area contributed by atoms with Gasteiger partial charge >= 0.3 is 5.97 Å². The van der Waals surface area contributed by atoms with E-state index in [-0.39, 0.29) is 18.1 Å². The highest BCUT2D eigenvalue weighted by Crippen LogP contribution is 2.41.